The van der Waals surface area contributed by atoms with Crippen LogP contribution in [0.3, 0.4) is 0 Å². The minimum atomic E-state index is -0.415. The zero-order chi connectivity index (χ0) is 10.7. The first-order chi connectivity index (χ1) is 6.56. The van der Waals surface area contributed by atoms with Crippen LogP contribution in [0.4, 0.5) is 0 Å². The number of rotatable bonds is 3. The highest BCUT2D eigenvalue weighted by molar-refractivity contribution is 9.10. The molecule has 1 aromatic heterocycles. The molecule has 1 heterocycles. The Morgan fingerprint density at radius 1 is 1.57 bits per heavy atom. The van der Waals surface area contributed by atoms with Crippen LogP contribution in [0.1, 0.15) is 31.9 Å². The van der Waals surface area contributed by atoms with Gasteiger partial charge in [-0.3, -0.25) is 0 Å². The zero-order valence-electron chi connectivity index (χ0n) is 8.17. The van der Waals surface area contributed by atoms with Crippen molar-refractivity contribution in [2.24, 2.45) is 0 Å². The summed E-state index contributed by atoms with van der Waals surface area (Å²) in [5.41, 5.74) is 0.829. The van der Waals surface area contributed by atoms with Crippen molar-refractivity contribution in [3.05, 3.63) is 27.5 Å². The van der Waals surface area contributed by atoms with Gasteiger partial charge in [-0.05, 0) is 41.4 Å². The standard InChI is InChI=1S/C10H13BrClNO/c1-3-7(6(2)14)10-8(11)4-5-9(12)13-10/h4-7,14H,3H2,1-2H3. The van der Waals surface area contributed by atoms with Crippen molar-refractivity contribution in [2.75, 3.05) is 0 Å². The SMILES string of the molecule is CCC(c1nc(Cl)ccc1Br)C(C)O. The summed E-state index contributed by atoms with van der Waals surface area (Å²) >= 11 is 9.22. The Morgan fingerprint density at radius 2 is 2.21 bits per heavy atom. The third-order valence-electron chi connectivity index (χ3n) is 2.21. The van der Waals surface area contributed by atoms with Crippen molar-refractivity contribution in [3.8, 4) is 0 Å². The fraction of sp³-hybridized carbons (Fsp3) is 0.500. The Kier molecular flexibility index (Phi) is 4.35. The average molecular weight is 279 g/mol. The Morgan fingerprint density at radius 3 is 2.71 bits per heavy atom. The molecular weight excluding hydrogens is 265 g/mol. The molecule has 0 spiro atoms. The van der Waals surface area contributed by atoms with Gasteiger partial charge < -0.3 is 5.11 Å². The maximum atomic E-state index is 9.58. The molecule has 2 nitrogen and oxygen atoms in total. The summed E-state index contributed by atoms with van der Waals surface area (Å²) in [5, 5.41) is 10.0. The fourth-order valence-electron chi connectivity index (χ4n) is 1.46. The average Bonchev–Trinajstić information content (AvgIpc) is 2.11. The van der Waals surface area contributed by atoms with E-state index in [1.807, 2.05) is 13.0 Å². The summed E-state index contributed by atoms with van der Waals surface area (Å²) in [6, 6.07) is 3.58. The van der Waals surface area contributed by atoms with E-state index < -0.39 is 6.10 Å². The van der Waals surface area contributed by atoms with Gasteiger partial charge in [-0.15, -0.1) is 0 Å². The van der Waals surface area contributed by atoms with Crippen molar-refractivity contribution < 1.29 is 5.11 Å². The van der Waals surface area contributed by atoms with Gasteiger partial charge in [0.15, 0.2) is 0 Å². The Labute approximate surface area is 97.4 Å². The molecule has 0 amide bonds. The zero-order valence-corrected chi connectivity index (χ0v) is 10.5. The van der Waals surface area contributed by atoms with Gasteiger partial charge in [0.1, 0.15) is 5.15 Å². The van der Waals surface area contributed by atoms with Gasteiger partial charge in [-0.2, -0.15) is 0 Å². The number of aliphatic hydroxyl groups is 1. The molecule has 0 saturated carbocycles. The van der Waals surface area contributed by atoms with Crippen molar-refractivity contribution >= 4 is 27.5 Å². The van der Waals surface area contributed by atoms with Gasteiger partial charge in [-0.25, -0.2) is 4.98 Å². The smallest absolute Gasteiger partial charge is 0.129 e. The molecule has 0 aliphatic carbocycles. The number of halogens is 2. The molecule has 2 unspecified atom stereocenters. The van der Waals surface area contributed by atoms with E-state index in [0.29, 0.717) is 5.15 Å². The summed E-state index contributed by atoms with van der Waals surface area (Å²) in [6.07, 6.45) is 0.422. The third-order valence-corrected chi connectivity index (χ3v) is 3.09. The highest BCUT2D eigenvalue weighted by Gasteiger charge is 2.19. The van der Waals surface area contributed by atoms with Gasteiger partial charge in [-0.1, -0.05) is 18.5 Å². The van der Waals surface area contributed by atoms with Crippen LogP contribution in [0.15, 0.2) is 16.6 Å². The lowest BCUT2D eigenvalue weighted by Crippen LogP contribution is -2.15. The fourth-order valence-corrected chi connectivity index (χ4v) is 2.12. The summed E-state index contributed by atoms with van der Waals surface area (Å²) in [7, 11) is 0. The van der Waals surface area contributed by atoms with Crippen molar-refractivity contribution in [3.63, 3.8) is 0 Å². The summed E-state index contributed by atoms with van der Waals surface area (Å²) in [4.78, 5) is 4.22. The van der Waals surface area contributed by atoms with E-state index in [1.165, 1.54) is 0 Å². The van der Waals surface area contributed by atoms with Crippen LogP contribution in [0.2, 0.25) is 5.15 Å². The minimum absolute atomic E-state index is 0.0306. The predicted octanol–water partition coefficient (Wildman–Crippen LogP) is 3.37. The molecule has 0 bridgehead atoms. The number of aromatic nitrogens is 1. The lowest BCUT2D eigenvalue weighted by atomic mass is 9.96. The van der Waals surface area contributed by atoms with E-state index in [0.717, 1.165) is 16.6 Å². The molecule has 78 valence electrons. The van der Waals surface area contributed by atoms with Crippen LogP contribution in [0, 0.1) is 0 Å². The van der Waals surface area contributed by atoms with E-state index in [9.17, 15) is 5.11 Å². The molecular formula is C10H13BrClNO. The Balaban J connectivity index is 3.08. The number of pyridine rings is 1. The van der Waals surface area contributed by atoms with E-state index in [4.69, 9.17) is 11.6 Å². The van der Waals surface area contributed by atoms with E-state index in [2.05, 4.69) is 20.9 Å². The highest BCUT2D eigenvalue weighted by atomic mass is 79.9. The third kappa shape index (κ3) is 2.69. The first-order valence-corrected chi connectivity index (χ1v) is 5.73. The molecule has 1 aromatic rings. The van der Waals surface area contributed by atoms with E-state index >= 15 is 0 Å². The second-order valence-electron chi connectivity index (χ2n) is 3.26. The topological polar surface area (TPSA) is 33.1 Å². The summed E-state index contributed by atoms with van der Waals surface area (Å²) < 4.78 is 0.898. The molecule has 0 radical (unpaired) electrons. The maximum Gasteiger partial charge on any atom is 0.129 e. The van der Waals surface area contributed by atoms with Gasteiger partial charge in [0.05, 0.1) is 11.8 Å². The molecule has 4 heteroatoms. The molecule has 2 atom stereocenters. The molecule has 1 rings (SSSR count). The first-order valence-electron chi connectivity index (χ1n) is 4.56. The van der Waals surface area contributed by atoms with E-state index in [-0.39, 0.29) is 5.92 Å². The van der Waals surface area contributed by atoms with Crippen LogP contribution in [0.5, 0.6) is 0 Å². The van der Waals surface area contributed by atoms with Crippen molar-refractivity contribution in [1.29, 1.82) is 0 Å². The van der Waals surface area contributed by atoms with Crippen molar-refractivity contribution in [1.82, 2.24) is 4.98 Å². The van der Waals surface area contributed by atoms with Gasteiger partial charge in [0.25, 0.3) is 0 Å². The monoisotopic (exact) mass is 277 g/mol. The first kappa shape index (κ1) is 12.0. The van der Waals surface area contributed by atoms with Gasteiger partial charge >= 0.3 is 0 Å². The highest BCUT2D eigenvalue weighted by Crippen LogP contribution is 2.29. The molecule has 0 saturated heterocycles. The summed E-state index contributed by atoms with van der Waals surface area (Å²) in [5.74, 6) is 0.0306. The van der Waals surface area contributed by atoms with Crippen molar-refractivity contribution in [2.45, 2.75) is 32.3 Å². The lowest BCUT2D eigenvalue weighted by molar-refractivity contribution is 0.157. The molecule has 0 fully saturated rings. The summed E-state index contributed by atoms with van der Waals surface area (Å²) in [6.45, 7) is 3.79. The minimum Gasteiger partial charge on any atom is -0.393 e. The van der Waals surface area contributed by atoms with Gasteiger partial charge in [0, 0.05) is 10.4 Å². The molecule has 0 aliphatic rings. The predicted molar refractivity (Wildman–Crippen MR) is 61.7 cm³/mol. The number of aliphatic hydroxyl groups excluding tert-OH is 1. The van der Waals surface area contributed by atoms with Crippen LogP contribution < -0.4 is 0 Å². The Hall–Kier alpha value is -0.120. The molecule has 0 aliphatic heterocycles. The molecule has 1 N–H and O–H groups in total. The van der Waals surface area contributed by atoms with E-state index in [1.54, 1.807) is 13.0 Å². The second kappa shape index (κ2) is 5.10. The number of hydrogen-bond acceptors (Lipinski definition) is 2. The normalized spacial score (nSPS) is 15.2. The van der Waals surface area contributed by atoms with Gasteiger partial charge in [0.2, 0.25) is 0 Å². The van der Waals surface area contributed by atoms with Crippen LogP contribution in [-0.4, -0.2) is 16.2 Å². The van der Waals surface area contributed by atoms with Crippen LogP contribution in [-0.2, 0) is 0 Å². The van der Waals surface area contributed by atoms with Crippen LogP contribution >= 0.6 is 27.5 Å². The Bertz CT molecular complexity index is 317. The lowest BCUT2D eigenvalue weighted by Gasteiger charge is -2.18. The molecule has 14 heavy (non-hydrogen) atoms. The quantitative estimate of drug-likeness (QED) is 0.860. The molecule has 0 aromatic carbocycles. The maximum absolute atomic E-state index is 9.58. The number of nitrogens with zero attached hydrogens (tertiary/aromatic N) is 1. The number of hydrogen-bond donors (Lipinski definition) is 1. The largest absolute Gasteiger partial charge is 0.393 e. The second-order valence-corrected chi connectivity index (χ2v) is 4.50. The van der Waals surface area contributed by atoms with Crippen LogP contribution in [0.25, 0.3) is 0 Å².